The van der Waals surface area contributed by atoms with Gasteiger partial charge < -0.3 is 10.1 Å². The first-order valence-electron chi connectivity index (χ1n) is 5.90. The smallest absolute Gasteiger partial charge is 0.0600 e. The Morgan fingerprint density at radius 1 is 1.41 bits per heavy atom. The van der Waals surface area contributed by atoms with Crippen molar-refractivity contribution in [1.29, 1.82) is 0 Å². The van der Waals surface area contributed by atoms with E-state index in [1.807, 2.05) is 30.9 Å². The minimum Gasteiger partial charge on any atom is -0.380 e. The highest BCUT2D eigenvalue weighted by molar-refractivity contribution is 7.99. The van der Waals surface area contributed by atoms with Gasteiger partial charge in [0.2, 0.25) is 0 Å². The summed E-state index contributed by atoms with van der Waals surface area (Å²) in [7, 11) is 2.03. The number of nitrogens with one attached hydrogen (secondary N) is 1. The van der Waals surface area contributed by atoms with Gasteiger partial charge in [0, 0.05) is 28.7 Å². The summed E-state index contributed by atoms with van der Waals surface area (Å²) in [5.74, 6) is 1.02. The largest absolute Gasteiger partial charge is 0.380 e. The minimum atomic E-state index is 0.546. The number of hydrogen-bond donors (Lipinski definition) is 1. The Morgan fingerprint density at radius 2 is 2.18 bits per heavy atom. The van der Waals surface area contributed by atoms with Crippen LogP contribution in [0.3, 0.4) is 0 Å². The molecule has 1 saturated heterocycles. The average molecular weight is 272 g/mol. The average Bonchev–Trinajstić information content (AvgIpc) is 2.38. The normalized spacial score (nSPS) is 24.8. The third-order valence-electron chi connectivity index (χ3n) is 3.05. The highest BCUT2D eigenvalue weighted by Gasteiger charge is 2.24. The Bertz CT molecular complexity index is 344. The second-order valence-electron chi connectivity index (χ2n) is 4.23. The Balaban J connectivity index is 1.86. The third kappa shape index (κ3) is 3.88. The van der Waals surface area contributed by atoms with Crippen molar-refractivity contribution in [2.24, 2.45) is 0 Å². The molecule has 4 heteroatoms. The van der Waals surface area contributed by atoms with Gasteiger partial charge in [-0.3, -0.25) is 0 Å². The molecule has 1 aliphatic rings. The number of ether oxygens (including phenoxy) is 1. The van der Waals surface area contributed by atoms with Gasteiger partial charge in [-0.25, -0.2) is 0 Å². The van der Waals surface area contributed by atoms with Crippen LogP contribution in [0.5, 0.6) is 0 Å². The minimum absolute atomic E-state index is 0.546. The van der Waals surface area contributed by atoms with E-state index in [4.69, 9.17) is 16.3 Å². The number of hydrogen-bond acceptors (Lipinski definition) is 3. The lowest BCUT2D eigenvalue weighted by molar-refractivity contribution is 0.0850. The molecular weight excluding hydrogens is 254 g/mol. The summed E-state index contributed by atoms with van der Waals surface area (Å²) < 4.78 is 5.54. The molecule has 0 radical (unpaired) electrons. The molecule has 0 saturated carbocycles. The molecule has 1 N–H and O–H groups in total. The van der Waals surface area contributed by atoms with E-state index in [1.54, 1.807) is 0 Å². The van der Waals surface area contributed by atoms with Crippen LogP contribution in [-0.2, 0) is 10.5 Å². The van der Waals surface area contributed by atoms with Crippen molar-refractivity contribution < 1.29 is 4.74 Å². The van der Waals surface area contributed by atoms with Crippen molar-refractivity contribution in [3.63, 3.8) is 0 Å². The van der Waals surface area contributed by atoms with E-state index in [0.717, 1.165) is 30.4 Å². The predicted octanol–water partition coefficient (Wildman–Crippen LogP) is 2.95. The van der Waals surface area contributed by atoms with E-state index in [0.29, 0.717) is 11.3 Å². The molecule has 2 rings (SSSR count). The van der Waals surface area contributed by atoms with Gasteiger partial charge in [0.05, 0.1) is 6.61 Å². The monoisotopic (exact) mass is 271 g/mol. The van der Waals surface area contributed by atoms with Crippen molar-refractivity contribution in [3.05, 3.63) is 34.9 Å². The van der Waals surface area contributed by atoms with E-state index in [9.17, 15) is 0 Å². The van der Waals surface area contributed by atoms with Gasteiger partial charge in [-0.2, -0.15) is 0 Å². The third-order valence-corrected chi connectivity index (χ3v) is 4.70. The summed E-state index contributed by atoms with van der Waals surface area (Å²) in [4.78, 5) is 0. The number of rotatable bonds is 4. The van der Waals surface area contributed by atoms with E-state index >= 15 is 0 Å². The number of thioether (sulfide) groups is 1. The highest BCUT2D eigenvalue weighted by Crippen LogP contribution is 2.25. The van der Waals surface area contributed by atoms with Crippen LogP contribution in [0.4, 0.5) is 0 Å². The first-order chi connectivity index (χ1) is 8.29. The molecular formula is C13H18ClNOS. The van der Waals surface area contributed by atoms with Gasteiger partial charge in [-0.1, -0.05) is 23.7 Å². The molecule has 1 heterocycles. The SMILES string of the molecule is CNC1CCOCC1SCc1ccc(Cl)cc1. The molecule has 1 aromatic rings. The predicted molar refractivity (Wildman–Crippen MR) is 74.8 cm³/mol. The fraction of sp³-hybridized carbons (Fsp3) is 0.538. The lowest BCUT2D eigenvalue weighted by Gasteiger charge is -2.30. The van der Waals surface area contributed by atoms with Gasteiger partial charge in [-0.15, -0.1) is 11.8 Å². The van der Waals surface area contributed by atoms with Crippen LogP contribution in [0.15, 0.2) is 24.3 Å². The van der Waals surface area contributed by atoms with Gasteiger partial charge >= 0.3 is 0 Å². The fourth-order valence-electron chi connectivity index (χ4n) is 1.99. The zero-order valence-corrected chi connectivity index (χ0v) is 11.6. The van der Waals surface area contributed by atoms with Crippen molar-refractivity contribution >= 4 is 23.4 Å². The molecule has 1 aromatic carbocycles. The maximum Gasteiger partial charge on any atom is 0.0600 e. The number of benzene rings is 1. The zero-order chi connectivity index (χ0) is 12.1. The van der Waals surface area contributed by atoms with Gasteiger partial charge in [-0.05, 0) is 31.2 Å². The fourth-order valence-corrected chi connectivity index (χ4v) is 3.41. The lowest BCUT2D eigenvalue weighted by atomic mass is 10.1. The Kier molecular flexibility index (Phi) is 5.16. The molecule has 0 amide bonds. The van der Waals surface area contributed by atoms with Crippen molar-refractivity contribution in [3.8, 4) is 0 Å². The molecule has 94 valence electrons. The maximum atomic E-state index is 5.87. The molecule has 17 heavy (non-hydrogen) atoms. The highest BCUT2D eigenvalue weighted by atomic mass is 35.5. The van der Waals surface area contributed by atoms with Crippen LogP contribution in [0.2, 0.25) is 5.02 Å². The molecule has 2 atom stereocenters. The Hall–Kier alpha value is -0.220. The van der Waals surface area contributed by atoms with Gasteiger partial charge in [0.15, 0.2) is 0 Å². The molecule has 0 aromatic heterocycles. The van der Waals surface area contributed by atoms with Crippen LogP contribution in [0.25, 0.3) is 0 Å². The molecule has 2 unspecified atom stereocenters. The first kappa shape index (κ1) is 13.2. The van der Waals surface area contributed by atoms with Crippen LogP contribution in [-0.4, -0.2) is 31.6 Å². The van der Waals surface area contributed by atoms with E-state index in [-0.39, 0.29) is 0 Å². The first-order valence-corrected chi connectivity index (χ1v) is 7.33. The Morgan fingerprint density at radius 3 is 2.88 bits per heavy atom. The standard InChI is InChI=1S/C13H18ClNOS/c1-15-12-6-7-16-8-13(12)17-9-10-2-4-11(14)5-3-10/h2-5,12-13,15H,6-9H2,1H3. The molecule has 2 nitrogen and oxygen atoms in total. The van der Waals surface area contributed by atoms with Crippen LogP contribution in [0.1, 0.15) is 12.0 Å². The molecule has 0 spiro atoms. The summed E-state index contributed by atoms with van der Waals surface area (Å²) in [6.45, 7) is 1.73. The van der Waals surface area contributed by atoms with Crippen LogP contribution >= 0.6 is 23.4 Å². The quantitative estimate of drug-likeness (QED) is 0.910. The lowest BCUT2D eigenvalue weighted by Crippen LogP contribution is -2.43. The zero-order valence-electron chi connectivity index (χ0n) is 9.99. The summed E-state index contributed by atoms with van der Waals surface area (Å²) in [5, 5.41) is 4.72. The van der Waals surface area contributed by atoms with Gasteiger partial charge in [0.25, 0.3) is 0 Å². The summed E-state index contributed by atoms with van der Waals surface area (Å²) in [6, 6.07) is 8.65. The summed E-state index contributed by atoms with van der Waals surface area (Å²) >= 11 is 7.83. The second-order valence-corrected chi connectivity index (χ2v) is 5.90. The maximum absolute atomic E-state index is 5.87. The topological polar surface area (TPSA) is 21.3 Å². The van der Waals surface area contributed by atoms with Gasteiger partial charge in [0.1, 0.15) is 0 Å². The van der Waals surface area contributed by atoms with Crippen LogP contribution < -0.4 is 5.32 Å². The molecule has 1 fully saturated rings. The van der Waals surface area contributed by atoms with Crippen LogP contribution in [0, 0.1) is 0 Å². The Labute approximate surface area is 112 Å². The summed E-state index contributed by atoms with van der Waals surface area (Å²) in [6.07, 6.45) is 1.11. The van der Waals surface area contributed by atoms with E-state index < -0.39 is 0 Å². The van der Waals surface area contributed by atoms with Crippen molar-refractivity contribution in [2.45, 2.75) is 23.5 Å². The van der Waals surface area contributed by atoms with Crippen molar-refractivity contribution in [1.82, 2.24) is 5.32 Å². The number of halogens is 1. The summed E-state index contributed by atoms with van der Waals surface area (Å²) in [5.41, 5.74) is 1.32. The van der Waals surface area contributed by atoms with E-state index in [1.165, 1.54) is 5.56 Å². The molecule has 0 bridgehead atoms. The van der Waals surface area contributed by atoms with Crippen molar-refractivity contribution in [2.75, 3.05) is 20.3 Å². The van der Waals surface area contributed by atoms with E-state index in [2.05, 4.69) is 17.4 Å². The second kappa shape index (κ2) is 6.64. The molecule has 0 aliphatic carbocycles. The molecule has 1 aliphatic heterocycles.